The van der Waals surface area contributed by atoms with E-state index in [4.69, 9.17) is 0 Å². The highest BCUT2D eigenvalue weighted by Gasteiger charge is 2.41. The van der Waals surface area contributed by atoms with Crippen molar-refractivity contribution >= 4 is 16.0 Å². The fourth-order valence-electron chi connectivity index (χ4n) is 2.15. The van der Waals surface area contributed by atoms with Gasteiger partial charge in [0, 0.05) is 7.05 Å². The molecule has 0 aliphatic carbocycles. The largest absolute Gasteiger partial charge is 0.480 e. The summed E-state index contributed by atoms with van der Waals surface area (Å²) in [5.41, 5.74) is 0.702. The lowest BCUT2D eigenvalue weighted by atomic mass is 10.1. The van der Waals surface area contributed by atoms with Crippen LogP contribution in [0.1, 0.15) is 30.5 Å². The van der Waals surface area contributed by atoms with E-state index in [9.17, 15) is 18.3 Å². The van der Waals surface area contributed by atoms with Gasteiger partial charge in [-0.2, -0.15) is 4.31 Å². The summed E-state index contributed by atoms with van der Waals surface area (Å²) in [7, 11) is -2.57. The molecule has 0 atom stereocenters. The third-order valence-electron chi connectivity index (χ3n) is 3.53. The molecule has 5 nitrogen and oxygen atoms in total. The predicted molar refractivity (Wildman–Crippen MR) is 77.3 cm³/mol. The molecule has 20 heavy (non-hydrogen) atoms. The highest BCUT2D eigenvalue weighted by atomic mass is 32.2. The lowest BCUT2D eigenvalue weighted by Gasteiger charge is -2.31. The number of aryl methyl sites for hydroxylation is 3. The van der Waals surface area contributed by atoms with Crippen LogP contribution in [0.25, 0.3) is 0 Å². The smallest absolute Gasteiger partial charge is 0.324 e. The molecular formula is C14H21NO4S. The van der Waals surface area contributed by atoms with Crippen LogP contribution in [0.4, 0.5) is 0 Å². The first-order valence-corrected chi connectivity index (χ1v) is 7.66. The predicted octanol–water partition coefficient (Wildman–Crippen LogP) is 2.10. The molecule has 1 N–H and O–H groups in total. The summed E-state index contributed by atoms with van der Waals surface area (Å²) in [6, 6.07) is 3.56. The molecule has 0 heterocycles. The van der Waals surface area contributed by atoms with Crippen molar-refractivity contribution in [2.45, 2.75) is 45.1 Å². The van der Waals surface area contributed by atoms with E-state index in [1.54, 1.807) is 26.0 Å². The monoisotopic (exact) mass is 299 g/mol. The van der Waals surface area contributed by atoms with E-state index in [1.165, 1.54) is 20.9 Å². The number of benzene rings is 1. The molecule has 1 aromatic carbocycles. The maximum absolute atomic E-state index is 12.7. The highest BCUT2D eigenvalue weighted by molar-refractivity contribution is 7.89. The number of likely N-dealkylation sites (N-methyl/N-ethyl adjacent to an activating group) is 1. The first kappa shape index (κ1) is 16.7. The Morgan fingerprint density at radius 1 is 1.15 bits per heavy atom. The van der Waals surface area contributed by atoms with Gasteiger partial charge in [-0.25, -0.2) is 8.42 Å². The molecule has 0 aliphatic heterocycles. The van der Waals surface area contributed by atoms with Gasteiger partial charge in [0.1, 0.15) is 5.54 Å². The highest BCUT2D eigenvalue weighted by Crippen LogP contribution is 2.28. The van der Waals surface area contributed by atoms with Gasteiger partial charge >= 0.3 is 5.97 Å². The second kappa shape index (κ2) is 5.18. The number of carbonyl (C=O) groups is 1. The number of hydrogen-bond acceptors (Lipinski definition) is 3. The molecule has 0 unspecified atom stereocenters. The van der Waals surface area contributed by atoms with Gasteiger partial charge in [0.05, 0.1) is 4.90 Å². The second-order valence-electron chi connectivity index (χ2n) is 5.56. The molecule has 0 amide bonds. The van der Waals surface area contributed by atoms with Crippen LogP contribution in [0, 0.1) is 20.8 Å². The third-order valence-corrected chi connectivity index (χ3v) is 5.87. The maximum Gasteiger partial charge on any atom is 0.324 e. The summed E-state index contributed by atoms with van der Waals surface area (Å²) in [6.07, 6.45) is 0. The van der Waals surface area contributed by atoms with Crippen LogP contribution >= 0.6 is 0 Å². The zero-order chi connectivity index (χ0) is 15.9. The number of aliphatic carboxylic acids is 1. The summed E-state index contributed by atoms with van der Waals surface area (Å²) in [6.45, 7) is 8.06. The minimum Gasteiger partial charge on any atom is -0.480 e. The Morgan fingerprint density at radius 3 is 1.90 bits per heavy atom. The van der Waals surface area contributed by atoms with E-state index in [0.717, 1.165) is 9.87 Å². The van der Waals surface area contributed by atoms with Crippen molar-refractivity contribution in [2.24, 2.45) is 0 Å². The topological polar surface area (TPSA) is 74.7 Å². The number of carboxylic acid groups (broad SMARTS) is 1. The Bertz CT molecular complexity index is 624. The van der Waals surface area contributed by atoms with Gasteiger partial charge in [-0.05, 0) is 45.7 Å². The standard InChI is InChI=1S/C14H21NO4S/c1-9-7-10(2)12(11(3)8-9)20(18,19)15(6)14(4,5)13(16)17/h7-8H,1-6H3,(H,16,17). The third kappa shape index (κ3) is 2.71. The summed E-state index contributed by atoms with van der Waals surface area (Å²) < 4.78 is 26.3. The zero-order valence-corrected chi connectivity index (χ0v) is 13.5. The van der Waals surface area contributed by atoms with E-state index in [-0.39, 0.29) is 4.90 Å². The van der Waals surface area contributed by atoms with Gasteiger partial charge in [0.2, 0.25) is 10.0 Å². The Kier molecular flexibility index (Phi) is 4.31. The van der Waals surface area contributed by atoms with Crippen LogP contribution in [-0.4, -0.2) is 36.4 Å². The van der Waals surface area contributed by atoms with Gasteiger partial charge in [0.15, 0.2) is 0 Å². The molecule has 0 aliphatic rings. The molecule has 0 saturated heterocycles. The molecule has 0 radical (unpaired) electrons. The lowest BCUT2D eigenvalue weighted by Crippen LogP contribution is -2.50. The van der Waals surface area contributed by atoms with Crippen LogP contribution in [0.2, 0.25) is 0 Å². The van der Waals surface area contributed by atoms with Gasteiger partial charge in [-0.15, -0.1) is 0 Å². The first-order chi connectivity index (χ1) is 8.92. The molecule has 0 saturated carbocycles. The maximum atomic E-state index is 12.7. The average molecular weight is 299 g/mol. The quantitative estimate of drug-likeness (QED) is 0.924. The molecule has 0 fully saturated rings. The lowest BCUT2D eigenvalue weighted by molar-refractivity contribution is -0.145. The van der Waals surface area contributed by atoms with Gasteiger partial charge < -0.3 is 5.11 Å². The van der Waals surface area contributed by atoms with Crippen molar-refractivity contribution in [3.8, 4) is 0 Å². The normalized spacial score (nSPS) is 12.8. The Balaban J connectivity index is 3.50. The number of carboxylic acids is 1. The molecule has 1 rings (SSSR count). The summed E-state index contributed by atoms with van der Waals surface area (Å²) in [5.74, 6) is -1.19. The van der Waals surface area contributed by atoms with E-state index in [0.29, 0.717) is 11.1 Å². The Hall–Kier alpha value is -1.40. The Labute approximate surface area is 120 Å². The fraction of sp³-hybridized carbons (Fsp3) is 0.500. The number of nitrogens with zero attached hydrogens (tertiary/aromatic N) is 1. The van der Waals surface area contributed by atoms with Crippen molar-refractivity contribution < 1.29 is 18.3 Å². The van der Waals surface area contributed by atoms with Crippen molar-refractivity contribution in [3.63, 3.8) is 0 Å². The number of sulfonamides is 1. The van der Waals surface area contributed by atoms with Crippen LogP contribution < -0.4 is 0 Å². The minimum absolute atomic E-state index is 0.180. The molecular weight excluding hydrogens is 278 g/mol. The van der Waals surface area contributed by atoms with Crippen LogP contribution in [0.3, 0.4) is 0 Å². The second-order valence-corrected chi connectivity index (χ2v) is 7.47. The molecule has 0 bridgehead atoms. The molecule has 1 aromatic rings. The summed E-state index contributed by atoms with van der Waals surface area (Å²) in [5, 5.41) is 9.20. The van der Waals surface area contributed by atoms with Crippen LogP contribution in [0.15, 0.2) is 17.0 Å². The fourth-order valence-corrected chi connectivity index (χ4v) is 4.03. The van der Waals surface area contributed by atoms with Crippen molar-refractivity contribution in [1.82, 2.24) is 4.31 Å². The van der Waals surface area contributed by atoms with Gasteiger partial charge in [0.25, 0.3) is 0 Å². The van der Waals surface area contributed by atoms with E-state index in [1.807, 2.05) is 6.92 Å². The van der Waals surface area contributed by atoms with E-state index < -0.39 is 21.5 Å². The minimum atomic E-state index is -3.87. The summed E-state index contributed by atoms with van der Waals surface area (Å²) in [4.78, 5) is 11.4. The molecule has 6 heteroatoms. The number of rotatable bonds is 4. The van der Waals surface area contributed by atoms with Crippen LogP contribution in [-0.2, 0) is 14.8 Å². The Morgan fingerprint density at radius 2 is 1.55 bits per heavy atom. The van der Waals surface area contributed by atoms with Gasteiger partial charge in [-0.1, -0.05) is 17.7 Å². The molecule has 0 aromatic heterocycles. The van der Waals surface area contributed by atoms with Crippen LogP contribution in [0.5, 0.6) is 0 Å². The van der Waals surface area contributed by atoms with Crippen molar-refractivity contribution in [3.05, 3.63) is 28.8 Å². The average Bonchev–Trinajstić information content (AvgIpc) is 2.25. The van der Waals surface area contributed by atoms with Crippen molar-refractivity contribution in [2.75, 3.05) is 7.05 Å². The molecule has 112 valence electrons. The zero-order valence-electron chi connectivity index (χ0n) is 12.7. The van der Waals surface area contributed by atoms with E-state index >= 15 is 0 Å². The summed E-state index contributed by atoms with van der Waals surface area (Å²) >= 11 is 0. The SMILES string of the molecule is Cc1cc(C)c(S(=O)(=O)N(C)C(C)(C)C(=O)O)c(C)c1. The number of hydrogen-bond donors (Lipinski definition) is 1. The first-order valence-electron chi connectivity index (χ1n) is 6.22. The van der Waals surface area contributed by atoms with Gasteiger partial charge in [-0.3, -0.25) is 4.79 Å². The van der Waals surface area contributed by atoms with E-state index in [2.05, 4.69) is 0 Å². The van der Waals surface area contributed by atoms with Crippen molar-refractivity contribution in [1.29, 1.82) is 0 Å². The molecule has 0 spiro atoms.